The molecule has 0 saturated carbocycles. The van der Waals surface area contributed by atoms with E-state index in [0.29, 0.717) is 13.2 Å². The monoisotopic (exact) mass is 514 g/mol. The number of nitrogens with zero attached hydrogens (tertiary/aromatic N) is 2. The second kappa shape index (κ2) is 10.0. The first-order valence-corrected chi connectivity index (χ1v) is 13.6. The number of hydrogen-bond donors (Lipinski definition) is 2. The molecule has 0 spiro atoms. The number of fused-ring (bicyclic) bond motifs is 2. The molecular weight excluding hydrogens is 488 g/mol. The van der Waals surface area contributed by atoms with Crippen molar-refractivity contribution in [1.29, 1.82) is 0 Å². The lowest BCUT2D eigenvalue weighted by Crippen LogP contribution is -2.39. The fraction of sp³-hybridized carbons (Fsp3) is 0.214. The van der Waals surface area contributed by atoms with Gasteiger partial charge in [0.15, 0.2) is 0 Å². The molecule has 0 amide bonds. The Bertz CT molecular complexity index is 1450. The summed E-state index contributed by atoms with van der Waals surface area (Å²) in [6, 6.07) is 20.8. The van der Waals surface area contributed by atoms with Crippen molar-refractivity contribution >= 4 is 34.9 Å². The van der Waals surface area contributed by atoms with Crippen LogP contribution < -0.4 is 15.8 Å². The molecule has 0 radical (unpaired) electrons. The maximum absolute atomic E-state index is 11.8. The summed E-state index contributed by atoms with van der Waals surface area (Å²) in [5, 5.41) is 3.53. The third-order valence-electron chi connectivity index (χ3n) is 6.39. The number of H-pyrrole nitrogens is 1. The van der Waals surface area contributed by atoms with E-state index in [-0.39, 0.29) is 11.7 Å². The minimum absolute atomic E-state index is 0.0494. The average molecular weight is 515 g/mol. The summed E-state index contributed by atoms with van der Waals surface area (Å²) < 4.78 is 6.24. The molecule has 1 saturated heterocycles. The van der Waals surface area contributed by atoms with Crippen LogP contribution in [-0.2, 0) is 11.3 Å². The number of rotatable bonds is 5. The van der Waals surface area contributed by atoms with Crippen molar-refractivity contribution in [2.75, 3.05) is 29.9 Å². The molecule has 2 N–H and O–H groups in total. The molecule has 6 rings (SSSR count). The Kier molecular flexibility index (Phi) is 6.48. The highest BCUT2D eigenvalue weighted by molar-refractivity contribution is 8.05. The van der Waals surface area contributed by atoms with Crippen molar-refractivity contribution in [3.8, 4) is 0 Å². The summed E-state index contributed by atoms with van der Waals surface area (Å²) in [4.78, 5) is 26.2. The van der Waals surface area contributed by atoms with Crippen molar-refractivity contribution < 1.29 is 4.74 Å². The molecule has 6 nitrogen and oxygen atoms in total. The smallest absolute Gasteiger partial charge is 0.249 e. The van der Waals surface area contributed by atoms with E-state index in [2.05, 4.69) is 62.6 Å². The highest BCUT2D eigenvalue weighted by Crippen LogP contribution is 2.51. The van der Waals surface area contributed by atoms with Gasteiger partial charge in [-0.1, -0.05) is 41.7 Å². The minimum Gasteiger partial charge on any atom is -0.381 e. The van der Waals surface area contributed by atoms with Crippen molar-refractivity contribution in [3.05, 3.63) is 100 Å². The third kappa shape index (κ3) is 4.89. The number of anilines is 2. The molecule has 4 aromatic rings. The molecule has 1 unspecified atom stereocenters. The van der Waals surface area contributed by atoms with Gasteiger partial charge in [-0.05, 0) is 54.4 Å². The van der Waals surface area contributed by atoms with Crippen LogP contribution in [0.3, 0.4) is 0 Å². The SMILES string of the molecule is Cc1ccc(CNc2ccc3c(c2)Sc2cccc(C4CN(c5cc[nH]c(=O)c5)CCO4)c2S3)cn1. The van der Waals surface area contributed by atoms with Crippen LogP contribution in [-0.4, -0.2) is 29.7 Å². The van der Waals surface area contributed by atoms with Gasteiger partial charge < -0.3 is 19.9 Å². The third-order valence-corrected chi connectivity index (χ3v) is 9.00. The lowest BCUT2D eigenvalue weighted by atomic mass is 10.1. The van der Waals surface area contributed by atoms with Gasteiger partial charge >= 0.3 is 0 Å². The van der Waals surface area contributed by atoms with Crippen LogP contribution in [0.5, 0.6) is 0 Å². The zero-order valence-corrected chi connectivity index (χ0v) is 21.5. The Morgan fingerprint density at radius 1 is 1.08 bits per heavy atom. The van der Waals surface area contributed by atoms with E-state index in [9.17, 15) is 4.79 Å². The van der Waals surface area contributed by atoms with Crippen molar-refractivity contribution in [3.63, 3.8) is 0 Å². The lowest BCUT2D eigenvalue weighted by Gasteiger charge is -2.36. The quantitative estimate of drug-likeness (QED) is 0.303. The van der Waals surface area contributed by atoms with Crippen LogP contribution >= 0.6 is 23.5 Å². The van der Waals surface area contributed by atoms with Gasteiger partial charge in [-0.2, -0.15) is 0 Å². The molecule has 4 heterocycles. The summed E-state index contributed by atoms with van der Waals surface area (Å²) in [5.74, 6) is 0. The fourth-order valence-corrected chi connectivity index (χ4v) is 6.95. The molecule has 0 aliphatic carbocycles. The molecule has 8 heteroatoms. The van der Waals surface area contributed by atoms with Gasteiger partial charge in [-0.25, -0.2) is 0 Å². The van der Waals surface area contributed by atoms with E-state index in [1.54, 1.807) is 12.3 Å². The summed E-state index contributed by atoms with van der Waals surface area (Å²) in [5.41, 5.74) is 5.36. The first kappa shape index (κ1) is 23.2. The van der Waals surface area contributed by atoms with E-state index < -0.39 is 0 Å². The number of aromatic amines is 1. The molecule has 36 heavy (non-hydrogen) atoms. The fourth-order valence-electron chi connectivity index (χ4n) is 4.50. The zero-order valence-electron chi connectivity index (χ0n) is 19.9. The van der Waals surface area contributed by atoms with Crippen LogP contribution in [0.2, 0.25) is 0 Å². The van der Waals surface area contributed by atoms with Crippen LogP contribution in [0.25, 0.3) is 0 Å². The Morgan fingerprint density at radius 3 is 2.89 bits per heavy atom. The van der Waals surface area contributed by atoms with Gasteiger partial charge in [-0.3, -0.25) is 9.78 Å². The van der Waals surface area contributed by atoms with Crippen molar-refractivity contribution in [2.24, 2.45) is 0 Å². The largest absolute Gasteiger partial charge is 0.381 e. The molecule has 2 aliphatic heterocycles. The normalized spacial score (nSPS) is 16.8. The predicted octanol–water partition coefficient (Wildman–Crippen LogP) is 5.88. The highest BCUT2D eigenvalue weighted by atomic mass is 32.2. The second-order valence-corrected chi connectivity index (χ2v) is 11.1. The Labute approximate surface area is 218 Å². The van der Waals surface area contributed by atoms with Crippen molar-refractivity contribution in [2.45, 2.75) is 39.2 Å². The van der Waals surface area contributed by atoms with E-state index in [1.807, 2.05) is 48.8 Å². The number of hydrogen-bond acceptors (Lipinski definition) is 7. The van der Waals surface area contributed by atoms with E-state index in [1.165, 1.54) is 25.1 Å². The van der Waals surface area contributed by atoms with E-state index in [0.717, 1.165) is 35.7 Å². The number of aryl methyl sites for hydroxylation is 1. The minimum atomic E-state index is -0.0828. The van der Waals surface area contributed by atoms with Gasteiger partial charge in [0, 0.05) is 74.7 Å². The summed E-state index contributed by atoms with van der Waals surface area (Å²) >= 11 is 3.62. The Hall–Kier alpha value is -3.20. The van der Waals surface area contributed by atoms with E-state index >= 15 is 0 Å². The molecule has 2 aliphatic rings. The number of ether oxygens (including phenoxy) is 1. The Morgan fingerprint density at radius 2 is 2.03 bits per heavy atom. The molecule has 2 aromatic carbocycles. The van der Waals surface area contributed by atoms with Gasteiger partial charge in [-0.15, -0.1) is 0 Å². The zero-order chi connectivity index (χ0) is 24.5. The summed E-state index contributed by atoms with van der Waals surface area (Å²) in [6.07, 6.45) is 3.58. The summed E-state index contributed by atoms with van der Waals surface area (Å²) in [7, 11) is 0. The first-order valence-electron chi connectivity index (χ1n) is 12.0. The first-order chi connectivity index (χ1) is 17.6. The molecule has 1 atom stereocenters. The molecule has 2 aromatic heterocycles. The average Bonchev–Trinajstić information content (AvgIpc) is 2.91. The second-order valence-electron chi connectivity index (χ2n) is 8.92. The Balaban J connectivity index is 1.20. The number of morpholine rings is 1. The number of nitrogens with one attached hydrogen (secondary N) is 2. The summed E-state index contributed by atoms with van der Waals surface area (Å²) in [6.45, 7) is 4.86. The molecule has 0 bridgehead atoms. The van der Waals surface area contributed by atoms with Crippen LogP contribution in [0, 0.1) is 6.92 Å². The van der Waals surface area contributed by atoms with Gasteiger partial charge in [0.05, 0.1) is 6.61 Å². The molecular formula is C28H26N4O2S2. The van der Waals surface area contributed by atoms with Crippen LogP contribution in [0.15, 0.2) is 97.4 Å². The van der Waals surface area contributed by atoms with Gasteiger partial charge in [0.25, 0.3) is 0 Å². The van der Waals surface area contributed by atoms with Gasteiger partial charge in [0.1, 0.15) is 6.10 Å². The molecule has 182 valence electrons. The van der Waals surface area contributed by atoms with Gasteiger partial charge in [0.2, 0.25) is 5.56 Å². The predicted molar refractivity (Wildman–Crippen MR) is 145 cm³/mol. The standard InChI is InChI=1S/C28H26N4O2S2/c1-18-5-6-19(15-30-18)16-31-20-7-8-24-26(13-20)35-25-4-2-3-22(28(25)36-24)23-17-32(11-12-34-23)21-9-10-29-27(33)14-21/h2-10,13-15,23,31H,11-12,16-17H2,1H3,(H,29,33). The molecule has 1 fully saturated rings. The number of pyridine rings is 2. The maximum atomic E-state index is 11.8. The number of aromatic nitrogens is 2. The van der Waals surface area contributed by atoms with Crippen molar-refractivity contribution in [1.82, 2.24) is 9.97 Å². The number of benzene rings is 2. The topological polar surface area (TPSA) is 70.2 Å². The maximum Gasteiger partial charge on any atom is 0.249 e. The van der Waals surface area contributed by atoms with Crippen LogP contribution in [0.1, 0.15) is 22.9 Å². The van der Waals surface area contributed by atoms with Crippen LogP contribution in [0.4, 0.5) is 11.4 Å². The highest BCUT2D eigenvalue weighted by Gasteiger charge is 2.28. The van der Waals surface area contributed by atoms with E-state index in [4.69, 9.17) is 4.74 Å². The lowest BCUT2D eigenvalue weighted by molar-refractivity contribution is 0.0379.